The fourth-order valence-electron chi connectivity index (χ4n) is 2.12. The summed E-state index contributed by atoms with van der Waals surface area (Å²) in [6.07, 6.45) is 0. The van der Waals surface area contributed by atoms with Gasteiger partial charge in [-0.3, -0.25) is 4.79 Å². The number of nitrogens with one attached hydrogen (secondary N) is 1. The van der Waals surface area contributed by atoms with Crippen molar-refractivity contribution >= 4 is 17.4 Å². The quantitative estimate of drug-likeness (QED) is 0.690. The molecule has 0 aliphatic rings. The second kappa shape index (κ2) is 5.74. The van der Waals surface area contributed by atoms with E-state index in [-0.39, 0.29) is 18.3 Å². The minimum atomic E-state index is -0.549. The van der Waals surface area contributed by atoms with Gasteiger partial charge in [0.15, 0.2) is 6.54 Å². The number of hydrogen-bond acceptors (Lipinski definition) is 4. The summed E-state index contributed by atoms with van der Waals surface area (Å²) in [6.45, 7) is 5.23. The molecule has 7 heteroatoms. The molecule has 0 saturated carbocycles. The normalized spacial score (nSPS) is 10.4. The molecule has 1 heterocycles. The van der Waals surface area contributed by atoms with Gasteiger partial charge in [-0.25, -0.2) is 0 Å². The molecule has 0 radical (unpaired) electrons. The van der Waals surface area contributed by atoms with Crippen LogP contribution in [-0.2, 0) is 11.3 Å². The Labute approximate surface area is 121 Å². The van der Waals surface area contributed by atoms with Crippen molar-refractivity contribution in [3.8, 4) is 0 Å². The summed E-state index contributed by atoms with van der Waals surface area (Å²) in [4.78, 5) is 22.4. The van der Waals surface area contributed by atoms with E-state index in [4.69, 9.17) is 0 Å². The van der Waals surface area contributed by atoms with Crippen molar-refractivity contribution in [2.24, 2.45) is 0 Å². The summed E-state index contributed by atoms with van der Waals surface area (Å²) in [6, 6.07) is 7.03. The van der Waals surface area contributed by atoms with Crippen LogP contribution in [0.2, 0.25) is 0 Å². The van der Waals surface area contributed by atoms with Crippen LogP contribution in [0.5, 0.6) is 0 Å². The van der Waals surface area contributed by atoms with E-state index in [0.717, 1.165) is 21.5 Å². The molecule has 0 unspecified atom stereocenters. The average Bonchev–Trinajstić information content (AvgIpc) is 2.75. The first-order chi connectivity index (χ1) is 9.88. The molecule has 21 heavy (non-hydrogen) atoms. The van der Waals surface area contributed by atoms with Gasteiger partial charge in [0.05, 0.1) is 11.8 Å². The van der Waals surface area contributed by atoms with Gasteiger partial charge in [0.25, 0.3) is 5.91 Å². The molecular weight excluding hydrogens is 272 g/mol. The lowest BCUT2D eigenvalue weighted by molar-refractivity contribution is -0.392. The summed E-state index contributed by atoms with van der Waals surface area (Å²) in [5, 5.41) is 17.6. The van der Waals surface area contributed by atoms with Crippen molar-refractivity contribution in [3.05, 3.63) is 51.2 Å². The van der Waals surface area contributed by atoms with E-state index >= 15 is 0 Å². The van der Waals surface area contributed by atoms with Gasteiger partial charge >= 0.3 is 5.82 Å². The number of amides is 1. The molecule has 1 aromatic carbocycles. The Morgan fingerprint density at radius 2 is 1.95 bits per heavy atom. The number of para-hydroxylation sites is 1. The van der Waals surface area contributed by atoms with Crippen molar-refractivity contribution in [1.82, 2.24) is 9.78 Å². The molecule has 0 saturated heterocycles. The molecule has 0 bridgehead atoms. The maximum atomic E-state index is 12.1. The SMILES string of the molecule is Cc1cc([N+](=O)[O-])n(CC(=O)Nc2c(C)cccc2C)n1. The maximum absolute atomic E-state index is 12.1. The predicted molar refractivity (Wildman–Crippen MR) is 78.2 cm³/mol. The van der Waals surface area contributed by atoms with Gasteiger partial charge in [-0.1, -0.05) is 23.3 Å². The van der Waals surface area contributed by atoms with Gasteiger partial charge in [0, 0.05) is 5.69 Å². The van der Waals surface area contributed by atoms with Crippen LogP contribution < -0.4 is 5.32 Å². The van der Waals surface area contributed by atoms with E-state index in [1.165, 1.54) is 6.07 Å². The molecule has 7 nitrogen and oxygen atoms in total. The topological polar surface area (TPSA) is 90.1 Å². The summed E-state index contributed by atoms with van der Waals surface area (Å²) in [7, 11) is 0. The second-order valence-corrected chi connectivity index (χ2v) is 4.87. The van der Waals surface area contributed by atoms with Crippen molar-refractivity contribution in [3.63, 3.8) is 0 Å². The van der Waals surface area contributed by atoms with Crippen molar-refractivity contribution in [1.29, 1.82) is 0 Å². The van der Waals surface area contributed by atoms with Crippen LogP contribution in [0.4, 0.5) is 11.5 Å². The number of carbonyl (C=O) groups excluding carboxylic acids is 1. The molecule has 1 N–H and O–H groups in total. The number of rotatable bonds is 4. The van der Waals surface area contributed by atoms with E-state index in [2.05, 4.69) is 10.4 Å². The van der Waals surface area contributed by atoms with E-state index in [1.807, 2.05) is 32.0 Å². The Kier molecular flexibility index (Phi) is 4.02. The van der Waals surface area contributed by atoms with Crippen molar-refractivity contribution in [2.75, 3.05) is 5.32 Å². The van der Waals surface area contributed by atoms with E-state index in [1.54, 1.807) is 6.92 Å². The highest BCUT2D eigenvalue weighted by Gasteiger charge is 2.20. The lowest BCUT2D eigenvalue weighted by Gasteiger charge is -2.10. The minimum absolute atomic E-state index is 0.191. The molecule has 1 amide bonds. The van der Waals surface area contributed by atoms with Crippen LogP contribution in [0.25, 0.3) is 0 Å². The fraction of sp³-hybridized carbons (Fsp3) is 0.286. The largest absolute Gasteiger partial charge is 0.358 e. The number of anilines is 1. The number of nitro groups is 1. The Morgan fingerprint density at radius 3 is 2.52 bits per heavy atom. The molecule has 0 aliphatic carbocycles. The third kappa shape index (κ3) is 3.25. The van der Waals surface area contributed by atoms with Gasteiger partial charge in [-0.05, 0) is 36.8 Å². The van der Waals surface area contributed by atoms with Crippen LogP contribution in [0.1, 0.15) is 16.8 Å². The summed E-state index contributed by atoms with van der Waals surface area (Å²) < 4.78 is 1.10. The molecule has 0 aliphatic heterocycles. The van der Waals surface area contributed by atoms with E-state index < -0.39 is 4.92 Å². The predicted octanol–water partition coefficient (Wildman–Crippen LogP) is 2.36. The van der Waals surface area contributed by atoms with Crippen molar-refractivity contribution < 1.29 is 9.72 Å². The first kappa shape index (κ1) is 14.7. The maximum Gasteiger partial charge on any atom is 0.345 e. The summed E-state index contributed by atoms with van der Waals surface area (Å²) in [5.74, 6) is -0.539. The molecule has 0 fully saturated rings. The van der Waals surface area contributed by atoms with Crippen LogP contribution in [0.3, 0.4) is 0 Å². The minimum Gasteiger partial charge on any atom is -0.358 e. The third-order valence-electron chi connectivity index (χ3n) is 3.11. The number of hydrogen-bond donors (Lipinski definition) is 1. The zero-order valence-corrected chi connectivity index (χ0v) is 12.1. The van der Waals surface area contributed by atoms with Crippen molar-refractivity contribution in [2.45, 2.75) is 27.3 Å². The number of carbonyl (C=O) groups is 1. The van der Waals surface area contributed by atoms with Gasteiger partial charge in [-0.15, -0.1) is 4.68 Å². The molecule has 110 valence electrons. The molecule has 2 aromatic rings. The third-order valence-corrected chi connectivity index (χ3v) is 3.11. The van der Waals surface area contributed by atoms with Crippen LogP contribution in [0, 0.1) is 30.9 Å². The molecule has 2 rings (SSSR count). The Bertz CT molecular complexity index is 686. The zero-order chi connectivity index (χ0) is 15.6. The smallest absolute Gasteiger partial charge is 0.345 e. The van der Waals surface area contributed by atoms with Gasteiger partial charge in [-0.2, -0.15) is 0 Å². The monoisotopic (exact) mass is 288 g/mol. The molecular formula is C14H16N4O3. The van der Waals surface area contributed by atoms with Crippen LogP contribution >= 0.6 is 0 Å². The highest BCUT2D eigenvalue weighted by atomic mass is 16.6. The number of nitrogens with zero attached hydrogens (tertiary/aromatic N) is 3. The standard InChI is InChI=1S/C14H16N4O3/c1-9-5-4-6-10(2)14(9)15-12(19)8-17-13(18(20)21)7-11(3)16-17/h4-7H,8H2,1-3H3,(H,15,19). The Hall–Kier alpha value is -2.70. The molecule has 0 spiro atoms. The second-order valence-electron chi connectivity index (χ2n) is 4.87. The lowest BCUT2D eigenvalue weighted by Crippen LogP contribution is -2.21. The van der Waals surface area contributed by atoms with Gasteiger partial charge in [0.2, 0.25) is 0 Å². The zero-order valence-electron chi connectivity index (χ0n) is 12.1. The molecule has 1 aromatic heterocycles. The van der Waals surface area contributed by atoms with E-state index in [0.29, 0.717) is 5.69 Å². The van der Waals surface area contributed by atoms with Gasteiger partial charge in [0.1, 0.15) is 0 Å². The highest BCUT2D eigenvalue weighted by molar-refractivity contribution is 5.92. The summed E-state index contributed by atoms with van der Waals surface area (Å²) >= 11 is 0. The first-order valence-corrected chi connectivity index (χ1v) is 6.43. The van der Waals surface area contributed by atoms with Crippen LogP contribution in [0.15, 0.2) is 24.3 Å². The highest BCUT2D eigenvalue weighted by Crippen LogP contribution is 2.20. The molecule has 0 atom stereocenters. The number of benzene rings is 1. The lowest BCUT2D eigenvalue weighted by atomic mass is 10.1. The Morgan fingerprint density at radius 1 is 1.33 bits per heavy atom. The van der Waals surface area contributed by atoms with Gasteiger partial charge < -0.3 is 15.4 Å². The fourth-order valence-corrected chi connectivity index (χ4v) is 2.12. The summed E-state index contributed by atoms with van der Waals surface area (Å²) in [5.41, 5.74) is 3.11. The average molecular weight is 288 g/mol. The van der Waals surface area contributed by atoms with E-state index in [9.17, 15) is 14.9 Å². The number of aryl methyl sites for hydroxylation is 3. The number of aromatic nitrogens is 2. The Balaban J connectivity index is 2.18. The van der Waals surface area contributed by atoms with Crippen LogP contribution in [-0.4, -0.2) is 20.6 Å². The first-order valence-electron chi connectivity index (χ1n) is 6.43.